The van der Waals surface area contributed by atoms with E-state index >= 15 is 0 Å². The Morgan fingerprint density at radius 3 is 2.05 bits per heavy atom. The highest BCUT2D eigenvalue weighted by molar-refractivity contribution is 7.90. The Morgan fingerprint density at radius 2 is 1.55 bits per heavy atom. The third-order valence-corrected chi connectivity index (χ3v) is 4.06. The molecule has 2 rings (SSSR count). The number of hydrogen-bond acceptors (Lipinski definition) is 4. The third-order valence-electron chi connectivity index (χ3n) is 2.93. The molecule has 0 saturated carbocycles. The predicted octanol–water partition coefficient (Wildman–Crippen LogP) is 1.44. The van der Waals surface area contributed by atoms with Gasteiger partial charge in [0.25, 0.3) is 5.91 Å². The second-order valence-corrected chi connectivity index (χ2v) is 6.48. The first-order valence-electron chi connectivity index (χ1n) is 5.79. The van der Waals surface area contributed by atoms with Gasteiger partial charge in [0.05, 0.1) is 10.5 Å². The molecule has 0 aliphatic carbocycles. The van der Waals surface area contributed by atoms with E-state index in [1.165, 1.54) is 12.1 Å². The summed E-state index contributed by atoms with van der Waals surface area (Å²) >= 11 is 0. The topological polar surface area (TPSA) is 103 Å². The Morgan fingerprint density at radius 1 is 1.00 bits per heavy atom. The van der Waals surface area contributed by atoms with Crippen LogP contribution in [0.5, 0.6) is 0 Å². The second-order valence-electron chi connectivity index (χ2n) is 4.46. The first-order chi connectivity index (χ1) is 9.29. The Kier molecular flexibility index (Phi) is 3.50. The van der Waals surface area contributed by atoms with E-state index in [-0.39, 0.29) is 10.5 Å². The van der Waals surface area contributed by atoms with Gasteiger partial charge in [-0.2, -0.15) is 0 Å². The zero-order chi connectivity index (χ0) is 14.9. The van der Waals surface area contributed by atoms with Crippen molar-refractivity contribution in [1.82, 2.24) is 0 Å². The number of carbonyl (C=O) groups excluding carboxylic acids is 1. The maximum atomic E-state index is 11.4. The summed E-state index contributed by atoms with van der Waals surface area (Å²) in [5.74, 6) is -0.600. The molecular weight excluding hydrogens is 276 g/mol. The first-order valence-corrected chi connectivity index (χ1v) is 7.68. The molecule has 104 valence electrons. The lowest BCUT2D eigenvalue weighted by Gasteiger charge is -2.07. The van der Waals surface area contributed by atoms with Crippen molar-refractivity contribution in [2.75, 3.05) is 12.0 Å². The number of primary amides is 1. The number of nitrogen functional groups attached to an aromatic ring is 1. The maximum Gasteiger partial charge on any atom is 0.250 e. The van der Waals surface area contributed by atoms with Crippen LogP contribution < -0.4 is 11.5 Å². The number of benzene rings is 2. The summed E-state index contributed by atoms with van der Waals surface area (Å²) in [4.78, 5) is 11.5. The van der Waals surface area contributed by atoms with Gasteiger partial charge in [0.1, 0.15) is 0 Å². The van der Waals surface area contributed by atoms with Crippen LogP contribution in [0.2, 0.25) is 0 Å². The first kappa shape index (κ1) is 14.1. The summed E-state index contributed by atoms with van der Waals surface area (Å²) in [6, 6.07) is 11.3. The Bertz CT molecular complexity index is 766. The van der Waals surface area contributed by atoms with E-state index in [0.717, 1.165) is 17.4 Å². The molecule has 0 fully saturated rings. The van der Waals surface area contributed by atoms with Gasteiger partial charge in [-0.05, 0) is 35.4 Å². The lowest BCUT2D eigenvalue weighted by molar-refractivity contribution is 0.100. The van der Waals surface area contributed by atoms with Gasteiger partial charge in [-0.1, -0.05) is 18.2 Å². The minimum Gasteiger partial charge on any atom is -0.398 e. The largest absolute Gasteiger partial charge is 0.398 e. The van der Waals surface area contributed by atoms with Crippen molar-refractivity contribution in [2.45, 2.75) is 4.90 Å². The van der Waals surface area contributed by atoms with Crippen LogP contribution in [0.25, 0.3) is 11.1 Å². The quantitative estimate of drug-likeness (QED) is 0.835. The molecular formula is C14H14N2O3S. The maximum absolute atomic E-state index is 11.4. The summed E-state index contributed by atoms with van der Waals surface area (Å²) in [7, 11) is -3.22. The van der Waals surface area contributed by atoms with Crippen molar-refractivity contribution < 1.29 is 13.2 Å². The summed E-state index contributed by atoms with van der Waals surface area (Å²) < 4.78 is 22.8. The highest BCUT2D eigenvalue weighted by Gasteiger charge is 2.10. The molecule has 1 amide bonds. The molecule has 0 unspecified atom stereocenters. The molecule has 0 heterocycles. The monoisotopic (exact) mass is 290 g/mol. The number of nitrogens with two attached hydrogens (primary N) is 2. The number of rotatable bonds is 3. The number of hydrogen-bond donors (Lipinski definition) is 2. The van der Waals surface area contributed by atoms with E-state index in [1.54, 1.807) is 30.3 Å². The molecule has 2 aromatic rings. The van der Waals surface area contributed by atoms with E-state index in [1.807, 2.05) is 0 Å². The van der Waals surface area contributed by atoms with Crippen LogP contribution >= 0.6 is 0 Å². The van der Waals surface area contributed by atoms with Crippen molar-refractivity contribution in [1.29, 1.82) is 0 Å². The fourth-order valence-electron chi connectivity index (χ4n) is 1.84. The lowest BCUT2D eigenvalue weighted by atomic mass is 10.0. The van der Waals surface area contributed by atoms with Gasteiger partial charge in [0.2, 0.25) is 0 Å². The zero-order valence-electron chi connectivity index (χ0n) is 10.8. The number of amides is 1. The summed E-state index contributed by atoms with van der Waals surface area (Å²) in [5, 5.41) is 0. The predicted molar refractivity (Wildman–Crippen MR) is 77.9 cm³/mol. The minimum absolute atomic E-state index is 0.242. The highest BCUT2D eigenvalue weighted by atomic mass is 32.2. The van der Waals surface area contributed by atoms with Crippen molar-refractivity contribution in [2.24, 2.45) is 5.73 Å². The van der Waals surface area contributed by atoms with Crippen LogP contribution in [0, 0.1) is 0 Å². The molecule has 0 radical (unpaired) electrons. The van der Waals surface area contributed by atoms with Crippen LogP contribution in [0.3, 0.4) is 0 Å². The molecule has 0 aliphatic rings. The molecule has 0 saturated heterocycles. The summed E-state index contributed by atoms with van der Waals surface area (Å²) in [5.41, 5.74) is 13.0. The van der Waals surface area contributed by atoms with Crippen LogP contribution in [-0.4, -0.2) is 20.6 Å². The van der Waals surface area contributed by atoms with Gasteiger partial charge < -0.3 is 11.5 Å². The normalized spacial score (nSPS) is 11.2. The number of sulfone groups is 1. The third kappa shape index (κ3) is 2.80. The molecule has 0 spiro atoms. The number of carbonyl (C=O) groups is 1. The van der Waals surface area contributed by atoms with Gasteiger partial charge in [0, 0.05) is 11.9 Å². The highest BCUT2D eigenvalue weighted by Crippen LogP contribution is 2.24. The molecule has 0 aromatic heterocycles. The summed E-state index contributed by atoms with van der Waals surface area (Å²) in [6.45, 7) is 0. The van der Waals surface area contributed by atoms with E-state index in [0.29, 0.717) is 5.69 Å². The second kappa shape index (κ2) is 4.97. The molecule has 4 N–H and O–H groups in total. The Labute approximate surface area is 117 Å². The SMILES string of the molecule is CS(=O)(=O)c1ccc(-c2ccc(N)c(C(N)=O)c2)cc1. The smallest absolute Gasteiger partial charge is 0.250 e. The van der Waals surface area contributed by atoms with E-state index < -0.39 is 15.7 Å². The fourth-order valence-corrected chi connectivity index (χ4v) is 2.47. The molecule has 5 nitrogen and oxygen atoms in total. The van der Waals surface area contributed by atoms with Gasteiger partial charge in [-0.3, -0.25) is 4.79 Å². The van der Waals surface area contributed by atoms with Gasteiger partial charge >= 0.3 is 0 Å². The lowest BCUT2D eigenvalue weighted by Crippen LogP contribution is -2.13. The molecule has 0 bridgehead atoms. The van der Waals surface area contributed by atoms with E-state index in [4.69, 9.17) is 11.5 Å². The minimum atomic E-state index is -3.22. The van der Waals surface area contributed by atoms with Crippen LogP contribution in [-0.2, 0) is 9.84 Å². The van der Waals surface area contributed by atoms with E-state index in [9.17, 15) is 13.2 Å². The Hall–Kier alpha value is -2.34. The van der Waals surface area contributed by atoms with Gasteiger partial charge in [0.15, 0.2) is 9.84 Å². The zero-order valence-corrected chi connectivity index (χ0v) is 11.6. The van der Waals surface area contributed by atoms with E-state index in [2.05, 4.69) is 0 Å². The molecule has 2 aromatic carbocycles. The van der Waals surface area contributed by atoms with Crippen molar-refractivity contribution >= 4 is 21.4 Å². The van der Waals surface area contributed by atoms with Crippen molar-refractivity contribution in [3.63, 3.8) is 0 Å². The molecule has 20 heavy (non-hydrogen) atoms. The average Bonchev–Trinajstić information content (AvgIpc) is 2.38. The average molecular weight is 290 g/mol. The Balaban J connectivity index is 2.47. The molecule has 0 atom stereocenters. The van der Waals surface area contributed by atoms with Crippen molar-refractivity contribution in [3.05, 3.63) is 48.0 Å². The standard InChI is InChI=1S/C14H14N2O3S/c1-20(18,19)11-5-2-9(3-6-11)10-4-7-13(15)12(8-10)14(16)17/h2-8H,15H2,1H3,(H2,16,17). The molecule has 6 heteroatoms. The summed E-state index contributed by atoms with van der Waals surface area (Å²) in [6.07, 6.45) is 1.15. The van der Waals surface area contributed by atoms with Crippen LogP contribution in [0.1, 0.15) is 10.4 Å². The van der Waals surface area contributed by atoms with Crippen LogP contribution in [0.15, 0.2) is 47.4 Å². The molecule has 0 aliphatic heterocycles. The van der Waals surface area contributed by atoms with Gasteiger partial charge in [-0.15, -0.1) is 0 Å². The van der Waals surface area contributed by atoms with Gasteiger partial charge in [-0.25, -0.2) is 8.42 Å². The van der Waals surface area contributed by atoms with Crippen molar-refractivity contribution in [3.8, 4) is 11.1 Å². The number of anilines is 1. The van der Waals surface area contributed by atoms with Crippen LogP contribution in [0.4, 0.5) is 5.69 Å². The fraction of sp³-hybridized carbons (Fsp3) is 0.0714.